The van der Waals surface area contributed by atoms with Crippen LogP contribution in [0.25, 0.3) is 0 Å². The van der Waals surface area contributed by atoms with Crippen molar-refractivity contribution < 1.29 is 13.6 Å². The summed E-state index contributed by atoms with van der Waals surface area (Å²) in [5.41, 5.74) is 3.32. The van der Waals surface area contributed by atoms with Crippen molar-refractivity contribution in [2.75, 3.05) is 13.2 Å². The first-order chi connectivity index (χ1) is 16.1. The molecule has 0 saturated heterocycles. The van der Waals surface area contributed by atoms with Crippen LogP contribution in [-0.4, -0.2) is 24.7 Å². The minimum Gasteiger partial charge on any atom is -0.307 e. The molecule has 0 heterocycles. The zero-order valence-electron chi connectivity index (χ0n) is 19.0. The van der Waals surface area contributed by atoms with Crippen molar-refractivity contribution in [3.63, 3.8) is 0 Å². The largest absolute Gasteiger partial charge is 0.355 e. The molecule has 170 valence electrons. The van der Waals surface area contributed by atoms with Crippen LogP contribution >= 0.6 is 7.60 Å². The molecule has 3 aromatic carbocycles. The van der Waals surface area contributed by atoms with Gasteiger partial charge in [0.1, 0.15) is 0 Å². The second-order valence-corrected chi connectivity index (χ2v) is 9.50. The van der Waals surface area contributed by atoms with E-state index in [-0.39, 0.29) is 19.6 Å². The van der Waals surface area contributed by atoms with E-state index in [1.54, 1.807) is 13.8 Å². The molecule has 0 aromatic heterocycles. The maximum atomic E-state index is 14.1. The van der Waals surface area contributed by atoms with Gasteiger partial charge in [0.15, 0.2) is 5.78 Å². The van der Waals surface area contributed by atoms with Gasteiger partial charge in [-0.1, -0.05) is 91.0 Å². The van der Waals surface area contributed by atoms with E-state index in [2.05, 4.69) is 6.07 Å². The summed E-state index contributed by atoms with van der Waals surface area (Å²) in [6, 6.07) is 31.4. The van der Waals surface area contributed by atoms with E-state index in [9.17, 15) is 9.83 Å². The third-order valence-corrected chi connectivity index (χ3v) is 7.56. The molecule has 6 heteroatoms. The topological polar surface area (TPSA) is 71.7 Å². The molecule has 0 bridgehead atoms. The lowest BCUT2D eigenvalue weighted by Gasteiger charge is -2.30. The van der Waals surface area contributed by atoms with E-state index in [0.29, 0.717) is 5.71 Å². The Labute approximate surface area is 196 Å². The molecular formula is C27H29N2O3P. The Hall–Kier alpha value is -3.03. The van der Waals surface area contributed by atoms with Gasteiger partial charge >= 0.3 is 7.60 Å². The van der Waals surface area contributed by atoms with E-state index in [1.165, 1.54) is 0 Å². The predicted molar refractivity (Wildman–Crippen MR) is 133 cm³/mol. The monoisotopic (exact) mass is 460 g/mol. The normalized spacial score (nSPS) is 13.0. The molecule has 0 fully saturated rings. The summed E-state index contributed by atoms with van der Waals surface area (Å²) >= 11 is 0. The van der Waals surface area contributed by atoms with Gasteiger partial charge in [-0.3, -0.25) is 9.56 Å². The van der Waals surface area contributed by atoms with Gasteiger partial charge in [0.2, 0.25) is 0 Å². The van der Waals surface area contributed by atoms with E-state index in [4.69, 9.17) is 14.0 Å². The fourth-order valence-electron chi connectivity index (χ4n) is 3.76. The Morgan fingerprint density at radius 3 is 1.73 bits per heavy atom. The molecule has 5 nitrogen and oxygen atoms in total. The van der Waals surface area contributed by atoms with Crippen LogP contribution in [-0.2, 0) is 13.6 Å². The molecular weight excluding hydrogens is 431 g/mol. The van der Waals surface area contributed by atoms with Gasteiger partial charge in [-0.15, -0.1) is 0 Å². The molecule has 0 amide bonds. The third kappa shape index (κ3) is 6.27. The SMILES string of the molecule is CCOP(=O)(OCC)C(N=C(c1ccccc1)c1ccccc1)C(CC#N)c1ccccc1. The molecule has 0 saturated carbocycles. The van der Waals surface area contributed by atoms with Gasteiger partial charge in [-0.2, -0.15) is 5.26 Å². The lowest BCUT2D eigenvalue weighted by molar-refractivity contribution is 0.209. The predicted octanol–water partition coefficient (Wildman–Crippen LogP) is 6.81. The van der Waals surface area contributed by atoms with Crippen molar-refractivity contribution in [1.82, 2.24) is 0 Å². The second kappa shape index (κ2) is 12.3. The van der Waals surface area contributed by atoms with Gasteiger partial charge in [0, 0.05) is 23.5 Å². The maximum absolute atomic E-state index is 14.1. The number of hydrogen-bond acceptors (Lipinski definition) is 5. The second-order valence-electron chi connectivity index (χ2n) is 7.38. The van der Waals surface area contributed by atoms with Gasteiger partial charge < -0.3 is 9.05 Å². The Kier molecular flexibility index (Phi) is 9.15. The first-order valence-corrected chi connectivity index (χ1v) is 12.7. The lowest BCUT2D eigenvalue weighted by Crippen LogP contribution is -2.23. The summed E-state index contributed by atoms with van der Waals surface area (Å²) in [5.74, 6) is -1.36. The smallest absolute Gasteiger partial charge is 0.307 e. The summed E-state index contributed by atoms with van der Waals surface area (Å²) in [6.45, 7) is 3.99. The molecule has 2 atom stereocenters. The van der Waals surface area contributed by atoms with Crippen LogP contribution in [0.1, 0.15) is 42.9 Å². The minimum absolute atomic E-state index is 0.124. The van der Waals surface area contributed by atoms with Gasteiger partial charge in [0.05, 0.1) is 25.0 Å². The van der Waals surface area contributed by atoms with E-state index < -0.39 is 19.3 Å². The lowest BCUT2D eigenvalue weighted by atomic mass is 9.95. The van der Waals surface area contributed by atoms with Crippen LogP contribution in [0.5, 0.6) is 0 Å². The quantitative estimate of drug-likeness (QED) is 0.233. The van der Waals surface area contributed by atoms with Gasteiger partial charge in [0.25, 0.3) is 0 Å². The molecule has 3 rings (SSSR count). The van der Waals surface area contributed by atoms with Crippen LogP contribution in [0.3, 0.4) is 0 Å². The number of hydrogen-bond donors (Lipinski definition) is 0. The average molecular weight is 461 g/mol. The zero-order chi connectivity index (χ0) is 23.5. The van der Waals surface area contributed by atoms with Gasteiger partial charge in [-0.25, -0.2) is 0 Å². The molecule has 0 spiro atoms. The minimum atomic E-state index is -3.71. The van der Waals surface area contributed by atoms with Crippen LogP contribution in [0, 0.1) is 11.3 Å². The number of rotatable bonds is 11. The number of nitrogens with zero attached hydrogens (tertiary/aromatic N) is 2. The van der Waals surface area contributed by atoms with Crippen molar-refractivity contribution in [3.8, 4) is 6.07 Å². The highest BCUT2D eigenvalue weighted by atomic mass is 31.2. The van der Waals surface area contributed by atoms with Crippen molar-refractivity contribution >= 4 is 13.3 Å². The first-order valence-electron chi connectivity index (χ1n) is 11.1. The van der Waals surface area contributed by atoms with Crippen LogP contribution in [0.4, 0.5) is 0 Å². The number of benzene rings is 3. The van der Waals surface area contributed by atoms with Crippen molar-refractivity contribution in [1.29, 1.82) is 5.26 Å². The fourth-order valence-corrected chi connectivity index (χ4v) is 5.84. The van der Waals surface area contributed by atoms with Crippen LogP contribution in [0.2, 0.25) is 0 Å². The molecule has 0 radical (unpaired) electrons. The molecule has 0 aliphatic rings. The summed E-state index contributed by atoms with van der Waals surface area (Å²) < 4.78 is 25.7. The van der Waals surface area contributed by atoms with Crippen LogP contribution < -0.4 is 0 Å². The molecule has 0 aliphatic heterocycles. The van der Waals surface area contributed by atoms with E-state index in [0.717, 1.165) is 16.7 Å². The van der Waals surface area contributed by atoms with Crippen molar-refractivity contribution in [2.24, 2.45) is 4.99 Å². The summed E-state index contributed by atoms with van der Waals surface area (Å²) in [7, 11) is -3.71. The highest BCUT2D eigenvalue weighted by Gasteiger charge is 2.42. The fraction of sp³-hybridized carbons (Fsp3) is 0.259. The van der Waals surface area contributed by atoms with Crippen molar-refractivity contribution in [2.45, 2.75) is 32.0 Å². The average Bonchev–Trinajstić information content (AvgIpc) is 2.85. The van der Waals surface area contributed by atoms with E-state index in [1.807, 2.05) is 91.0 Å². The Morgan fingerprint density at radius 1 is 0.848 bits per heavy atom. The Balaban J connectivity index is 2.27. The Bertz CT molecular complexity index is 1060. The van der Waals surface area contributed by atoms with Crippen molar-refractivity contribution in [3.05, 3.63) is 108 Å². The standard InChI is InChI=1S/C27H29N2O3P/c1-3-31-33(30,32-4-2)27(25(20-21-28)22-14-8-5-9-15-22)29-26(23-16-10-6-11-17-23)24-18-12-7-13-19-24/h5-19,25,27H,3-4,20H2,1-2H3. The summed E-state index contributed by atoms with van der Waals surface area (Å²) in [5, 5.41) is 9.67. The highest BCUT2D eigenvalue weighted by molar-refractivity contribution is 7.54. The van der Waals surface area contributed by atoms with E-state index >= 15 is 0 Å². The molecule has 2 unspecified atom stereocenters. The first kappa shape index (κ1) is 24.6. The zero-order valence-corrected chi connectivity index (χ0v) is 19.9. The maximum Gasteiger partial charge on any atom is 0.355 e. The molecule has 0 aliphatic carbocycles. The summed E-state index contributed by atoms with van der Waals surface area (Å²) in [4.78, 5) is 5.07. The highest BCUT2D eigenvalue weighted by Crippen LogP contribution is 2.58. The van der Waals surface area contributed by atoms with Crippen LogP contribution in [0.15, 0.2) is 96.0 Å². The number of aliphatic imine (C=N–C) groups is 1. The Morgan fingerprint density at radius 2 is 1.30 bits per heavy atom. The molecule has 0 N–H and O–H groups in total. The molecule has 3 aromatic rings. The van der Waals surface area contributed by atoms with Gasteiger partial charge in [-0.05, 0) is 19.4 Å². The number of nitriles is 1. The molecule has 33 heavy (non-hydrogen) atoms. The third-order valence-electron chi connectivity index (χ3n) is 5.20. The summed E-state index contributed by atoms with van der Waals surface area (Å²) in [6.07, 6.45) is 0.124.